The van der Waals surface area contributed by atoms with Crippen LogP contribution in [0.25, 0.3) is 0 Å². The third-order valence-electron chi connectivity index (χ3n) is 4.78. The molecule has 0 heterocycles. The maximum Gasteiger partial charge on any atom is 0.0129 e. The first-order chi connectivity index (χ1) is 10.5. The molecule has 0 aliphatic rings. The number of benzene rings is 1. The van der Waals surface area contributed by atoms with E-state index in [0.29, 0.717) is 5.92 Å². The molecule has 1 aromatic carbocycles. The summed E-state index contributed by atoms with van der Waals surface area (Å²) in [5.41, 5.74) is 7.76. The van der Waals surface area contributed by atoms with Crippen LogP contribution in [-0.2, 0) is 6.42 Å². The first-order valence-electron chi connectivity index (χ1n) is 9.37. The summed E-state index contributed by atoms with van der Waals surface area (Å²) in [7, 11) is 0. The van der Waals surface area contributed by atoms with E-state index < -0.39 is 0 Å². The molecule has 2 nitrogen and oxygen atoms in total. The Bertz CT molecular complexity index is 367. The molecule has 0 saturated carbocycles. The van der Waals surface area contributed by atoms with E-state index in [1.165, 1.54) is 63.4 Å². The van der Waals surface area contributed by atoms with Gasteiger partial charge in [0, 0.05) is 5.54 Å². The summed E-state index contributed by atoms with van der Waals surface area (Å²) < 4.78 is 0. The predicted octanol–water partition coefficient (Wildman–Crippen LogP) is 6.28. The zero-order valence-corrected chi connectivity index (χ0v) is 15.8. The van der Waals surface area contributed by atoms with Crippen LogP contribution in [0.3, 0.4) is 0 Å². The molecule has 1 rings (SSSR count). The van der Waals surface area contributed by atoms with E-state index in [-0.39, 0.29) is 11.7 Å². The van der Waals surface area contributed by atoms with Gasteiger partial charge in [-0.15, -0.1) is 0 Å². The second-order valence-electron chi connectivity index (χ2n) is 7.47. The highest BCUT2D eigenvalue weighted by Crippen LogP contribution is 2.25. The standard InChI is InChI=1S/C21H37N.H3N/c1-4-5-6-7-8-9-10-14-17-20(21(2,3)22)18-19-15-12-11-13-16-19;/h11-13,15-16,20H,4-10,14,17-18,22H2,1-3H3;1H3. The molecule has 134 valence electrons. The van der Waals surface area contributed by atoms with Gasteiger partial charge < -0.3 is 11.9 Å². The van der Waals surface area contributed by atoms with Crippen molar-refractivity contribution in [2.45, 2.75) is 90.5 Å². The molecule has 1 aromatic rings. The molecular formula is C21H40N2. The minimum atomic E-state index is -0.0863. The monoisotopic (exact) mass is 320 g/mol. The molecule has 1 atom stereocenters. The quantitative estimate of drug-likeness (QED) is 0.445. The molecule has 0 aromatic heterocycles. The lowest BCUT2D eigenvalue weighted by Gasteiger charge is -2.31. The molecule has 0 saturated heterocycles. The second-order valence-corrected chi connectivity index (χ2v) is 7.47. The average molecular weight is 321 g/mol. The van der Waals surface area contributed by atoms with Gasteiger partial charge in [0.05, 0.1) is 0 Å². The van der Waals surface area contributed by atoms with Crippen LogP contribution in [0.2, 0.25) is 0 Å². The van der Waals surface area contributed by atoms with Crippen molar-refractivity contribution in [1.29, 1.82) is 0 Å². The predicted molar refractivity (Wildman–Crippen MR) is 104 cm³/mol. The molecule has 5 N–H and O–H groups in total. The van der Waals surface area contributed by atoms with E-state index in [1.807, 2.05) is 0 Å². The molecule has 1 unspecified atom stereocenters. The lowest BCUT2D eigenvalue weighted by Crippen LogP contribution is -2.42. The van der Waals surface area contributed by atoms with E-state index in [2.05, 4.69) is 51.1 Å². The number of hydrogen-bond acceptors (Lipinski definition) is 2. The van der Waals surface area contributed by atoms with Gasteiger partial charge in [-0.05, 0) is 38.2 Å². The van der Waals surface area contributed by atoms with Crippen LogP contribution in [0.4, 0.5) is 0 Å². The van der Waals surface area contributed by atoms with Gasteiger partial charge in [0.1, 0.15) is 0 Å². The van der Waals surface area contributed by atoms with Gasteiger partial charge >= 0.3 is 0 Å². The third-order valence-corrected chi connectivity index (χ3v) is 4.78. The van der Waals surface area contributed by atoms with Crippen molar-refractivity contribution >= 4 is 0 Å². The van der Waals surface area contributed by atoms with Crippen LogP contribution in [0.1, 0.15) is 84.1 Å². The Kier molecular flexibility index (Phi) is 12.1. The first-order valence-corrected chi connectivity index (χ1v) is 9.37. The first kappa shape index (κ1) is 22.1. The van der Waals surface area contributed by atoms with Crippen molar-refractivity contribution in [2.75, 3.05) is 0 Å². The van der Waals surface area contributed by atoms with E-state index in [4.69, 9.17) is 5.73 Å². The van der Waals surface area contributed by atoms with E-state index in [0.717, 1.165) is 6.42 Å². The topological polar surface area (TPSA) is 61.0 Å². The zero-order chi connectivity index (χ0) is 16.3. The zero-order valence-electron chi connectivity index (χ0n) is 15.8. The minimum Gasteiger partial charge on any atom is -0.344 e. The van der Waals surface area contributed by atoms with Crippen LogP contribution in [-0.4, -0.2) is 5.54 Å². The Morgan fingerprint density at radius 1 is 0.870 bits per heavy atom. The molecule has 0 radical (unpaired) electrons. The maximum absolute atomic E-state index is 6.42. The van der Waals surface area contributed by atoms with Crippen molar-refractivity contribution in [2.24, 2.45) is 11.7 Å². The molecule has 23 heavy (non-hydrogen) atoms. The highest BCUT2D eigenvalue weighted by atomic mass is 14.7. The summed E-state index contributed by atoms with van der Waals surface area (Å²) >= 11 is 0. The van der Waals surface area contributed by atoms with Gasteiger partial charge in [0.25, 0.3) is 0 Å². The van der Waals surface area contributed by atoms with Crippen molar-refractivity contribution < 1.29 is 0 Å². The fourth-order valence-corrected chi connectivity index (χ4v) is 3.16. The fourth-order valence-electron chi connectivity index (χ4n) is 3.16. The van der Waals surface area contributed by atoms with Gasteiger partial charge in [0.2, 0.25) is 0 Å². The Labute approximate surface area is 144 Å². The molecule has 0 fully saturated rings. The molecule has 0 amide bonds. The van der Waals surface area contributed by atoms with E-state index >= 15 is 0 Å². The van der Waals surface area contributed by atoms with Gasteiger partial charge in [-0.3, -0.25) is 0 Å². The number of unbranched alkanes of at least 4 members (excludes halogenated alkanes) is 7. The maximum atomic E-state index is 6.42. The van der Waals surface area contributed by atoms with Gasteiger partial charge in [0.15, 0.2) is 0 Å². The Morgan fingerprint density at radius 3 is 1.91 bits per heavy atom. The van der Waals surface area contributed by atoms with E-state index in [9.17, 15) is 0 Å². The number of nitrogens with two attached hydrogens (primary N) is 1. The van der Waals surface area contributed by atoms with Crippen LogP contribution in [0, 0.1) is 5.92 Å². The lowest BCUT2D eigenvalue weighted by atomic mass is 9.80. The number of hydrogen-bond donors (Lipinski definition) is 2. The lowest BCUT2D eigenvalue weighted by molar-refractivity contribution is 0.290. The number of rotatable bonds is 12. The van der Waals surface area contributed by atoms with Crippen molar-refractivity contribution in [3.05, 3.63) is 35.9 Å². The summed E-state index contributed by atoms with van der Waals surface area (Å²) in [6.45, 7) is 6.65. The Hall–Kier alpha value is -0.860. The van der Waals surface area contributed by atoms with E-state index in [1.54, 1.807) is 0 Å². The minimum absolute atomic E-state index is 0. The van der Waals surface area contributed by atoms with Crippen molar-refractivity contribution in [3.63, 3.8) is 0 Å². The molecular weight excluding hydrogens is 280 g/mol. The second kappa shape index (κ2) is 12.5. The van der Waals surface area contributed by atoms with Crippen molar-refractivity contribution in [3.8, 4) is 0 Å². The van der Waals surface area contributed by atoms with Crippen LogP contribution in [0.15, 0.2) is 30.3 Å². The van der Waals surface area contributed by atoms with Crippen LogP contribution >= 0.6 is 0 Å². The smallest absolute Gasteiger partial charge is 0.0129 e. The van der Waals surface area contributed by atoms with Crippen LogP contribution < -0.4 is 11.9 Å². The van der Waals surface area contributed by atoms with Crippen molar-refractivity contribution in [1.82, 2.24) is 6.15 Å². The Morgan fingerprint density at radius 2 is 1.39 bits per heavy atom. The molecule has 2 heteroatoms. The highest BCUT2D eigenvalue weighted by Gasteiger charge is 2.24. The summed E-state index contributed by atoms with van der Waals surface area (Å²) in [6, 6.07) is 10.8. The summed E-state index contributed by atoms with van der Waals surface area (Å²) in [5.74, 6) is 0.579. The summed E-state index contributed by atoms with van der Waals surface area (Å²) in [5, 5.41) is 0. The summed E-state index contributed by atoms with van der Waals surface area (Å²) in [4.78, 5) is 0. The largest absolute Gasteiger partial charge is 0.344 e. The average Bonchev–Trinajstić information content (AvgIpc) is 2.49. The molecule has 0 bridgehead atoms. The summed E-state index contributed by atoms with van der Waals surface area (Å²) in [6.07, 6.45) is 13.5. The molecule has 0 aliphatic carbocycles. The van der Waals surface area contributed by atoms with Gasteiger partial charge in [-0.2, -0.15) is 0 Å². The SMILES string of the molecule is CCCCCCCCCCC(Cc1ccccc1)C(C)(C)N.N. The van der Waals surface area contributed by atoms with Gasteiger partial charge in [-0.25, -0.2) is 0 Å². The normalized spacial score (nSPS) is 12.7. The highest BCUT2D eigenvalue weighted by molar-refractivity contribution is 5.16. The molecule has 0 aliphatic heterocycles. The Balaban J connectivity index is 0.00000484. The van der Waals surface area contributed by atoms with Gasteiger partial charge in [-0.1, -0.05) is 88.6 Å². The third kappa shape index (κ3) is 10.5. The fraction of sp³-hybridized carbons (Fsp3) is 0.714. The van der Waals surface area contributed by atoms with Crippen LogP contribution in [0.5, 0.6) is 0 Å². The molecule has 0 spiro atoms.